The van der Waals surface area contributed by atoms with Gasteiger partial charge in [0, 0.05) is 6.42 Å². The second-order valence-electron chi connectivity index (χ2n) is 7.96. The fraction of sp³-hybridized carbons (Fsp3) is 0.826. The first-order chi connectivity index (χ1) is 13.0. The van der Waals surface area contributed by atoms with Crippen LogP contribution in [-0.4, -0.2) is 23.0 Å². The Morgan fingerprint density at radius 2 is 1.30 bits per heavy atom. The van der Waals surface area contributed by atoms with Crippen LogP contribution in [0.15, 0.2) is 12.2 Å². The van der Waals surface area contributed by atoms with Gasteiger partial charge in [-0.05, 0) is 38.0 Å². The van der Waals surface area contributed by atoms with E-state index in [-0.39, 0.29) is 11.8 Å². The first-order valence-electron chi connectivity index (χ1n) is 11.2. The van der Waals surface area contributed by atoms with E-state index < -0.39 is 12.0 Å². The fourth-order valence-corrected chi connectivity index (χ4v) is 3.12. The van der Waals surface area contributed by atoms with Crippen LogP contribution in [0.2, 0.25) is 0 Å². The molecule has 4 heteroatoms. The molecule has 0 rings (SSSR count). The molecule has 0 aliphatic heterocycles. The molecule has 0 fully saturated rings. The molecule has 0 aromatic carbocycles. The first-order valence-corrected chi connectivity index (χ1v) is 11.2. The van der Waals surface area contributed by atoms with Crippen molar-refractivity contribution in [3.63, 3.8) is 0 Å². The van der Waals surface area contributed by atoms with E-state index in [1.54, 1.807) is 13.8 Å². The summed E-state index contributed by atoms with van der Waals surface area (Å²) in [5.74, 6) is -1.20. The van der Waals surface area contributed by atoms with Gasteiger partial charge in [-0.1, -0.05) is 84.3 Å². The van der Waals surface area contributed by atoms with Gasteiger partial charge in [-0.2, -0.15) is 0 Å². The summed E-state index contributed by atoms with van der Waals surface area (Å²) in [5, 5.41) is 11.7. The molecule has 0 aliphatic carbocycles. The quantitative estimate of drug-likeness (QED) is 0.218. The number of amides is 1. The Balaban J connectivity index is 3.45. The molecular weight excluding hydrogens is 338 g/mol. The number of aliphatic carboxylic acids is 1. The molecule has 1 atom stereocenters. The Morgan fingerprint density at radius 3 is 1.78 bits per heavy atom. The zero-order valence-corrected chi connectivity index (χ0v) is 18.0. The number of carbonyl (C=O) groups excluding carboxylic acids is 1. The lowest BCUT2D eigenvalue weighted by atomic mass is 10.0. The lowest BCUT2D eigenvalue weighted by molar-refractivity contribution is -0.143. The number of rotatable bonds is 18. The van der Waals surface area contributed by atoms with Gasteiger partial charge in [-0.25, -0.2) is 4.79 Å². The number of carbonyl (C=O) groups is 2. The van der Waals surface area contributed by atoms with Crippen LogP contribution < -0.4 is 5.32 Å². The molecule has 1 unspecified atom stereocenters. The average molecular weight is 382 g/mol. The number of hydrogen-bond acceptors (Lipinski definition) is 2. The van der Waals surface area contributed by atoms with Crippen molar-refractivity contribution in [3.05, 3.63) is 12.2 Å². The largest absolute Gasteiger partial charge is 0.480 e. The molecule has 0 bridgehead atoms. The minimum absolute atomic E-state index is 0.0967. The molecule has 0 saturated carbocycles. The van der Waals surface area contributed by atoms with E-state index in [0.29, 0.717) is 6.42 Å². The third-order valence-corrected chi connectivity index (χ3v) is 4.91. The van der Waals surface area contributed by atoms with Gasteiger partial charge < -0.3 is 10.4 Å². The lowest BCUT2D eigenvalue weighted by Crippen LogP contribution is -2.44. The molecule has 1 amide bonds. The minimum atomic E-state index is -0.956. The number of nitrogens with one attached hydrogen (secondary N) is 1. The molecule has 0 aromatic heterocycles. The van der Waals surface area contributed by atoms with E-state index in [9.17, 15) is 9.59 Å². The van der Waals surface area contributed by atoms with Gasteiger partial charge in [0.15, 0.2) is 0 Å². The van der Waals surface area contributed by atoms with Crippen LogP contribution in [-0.2, 0) is 9.59 Å². The number of unbranched alkanes of at least 4 members (excludes halogenated alkanes) is 11. The van der Waals surface area contributed by atoms with E-state index >= 15 is 0 Å². The van der Waals surface area contributed by atoms with Crippen LogP contribution in [0.3, 0.4) is 0 Å². The Morgan fingerprint density at radius 1 is 0.815 bits per heavy atom. The second kappa shape index (κ2) is 18.1. The molecule has 0 spiro atoms. The van der Waals surface area contributed by atoms with Gasteiger partial charge in [-0.15, -0.1) is 0 Å². The smallest absolute Gasteiger partial charge is 0.326 e. The van der Waals surface area contributed by atoms with E-state index in [1.807, 2.05) is 0 Å². The highest BCUT2D eigenvalue weighted by Crippen LogP contribution is 2.10. The second-order valence-corrected chi connectivity index (χ2v) is 7.96. The molecule has 2 N–H and O–H groups in total. The zero-order chi connectivity index (χ0) is 20.3. The number of allylic oxidation sites excluding steroid dienone is 2. The highest BCUT2D eigenvalue weighted by molar-refractivity contribution is 5.83. The summed E-state index contributed by atoms with van der Waals surface area (Å²) in [4.78, 5) is 22.9. The third kappa shape index (κ3) is 16.6. The van der Waals surface area contributed by atoms with Crippen LogP contribution in [0.4, 0.5) is 0 Å². The van der Waals surface area contributed by atoms with E-state index in [0.717, 1.165) is 25.7 Å². The molecular formula is C23H43NO3. The maximum atomic E-state index is 11.8. The van der Waals surface area contributed by atoms with Crippen molar-refractivity contribution >= 4 is 11.9 Å². The third-order valence-electron chi connectivity index (χ3n) is 4.91. The summed E-state index contributed by atoms with van der Waals surface area (Å²) < 4.78 is 0. The maximum absolute atomic E-state index is 11.8. The summed E-state index contributed by atoms with van der Waals surface area (Å²) in [5.41, 5.74) is 0. The molecule has 4 nitrogen and oxygen atoms in total. The van der Waals surface area contributed by atoms with Gasteiger partial charge in [0.2, 0.25) is 5.91 Å². The van der Waals surface area contributed by atoms with Crippen LogP contribution >= 0.6 is 0 Å². The number of hydrogen-bond donors (Lipinski definition) is 2. The standard InChI is InChI=1S/C23H43NO3/c1-4-5-6-7-8-9-10-11-12-13-14-15-16-17-18-19-21(25)24-22(20(2)3)23(26)27/h11-12,20,22H,4-10,13-19H2,1-3H3,(H,24,25)(H,26,27)/b12-11-. The molecule has 158 valence electrons. The van der Waals surface area contributed by atoms with Gasteiger partial charge >= 0.3 is 5.97 Å². The van der Waals surface area contributed by atoms with Crippen molar-refractivity contribution in [2.45, 2.75) is 117 Å². The number of carboxylic acid groups (broad SMARTS) is 1. The van der Waals surface area contributed by atoms with Gasteiger partial charge in [0.05, 0.1) is 0 Å². The average Bonchev–Trinajstić information content (AvgIpc) is 2.62. The van der Waals surface area contributed by atoms with Gasteiger partial charge in [0.1, 0.15) is 6.04 Å². The van der Waals surface area contributed by atoms with E-state index in [4.69, 9.17) is 5.11 Å². The van der Waals surface area contributed by atoms with Crippen molar-refractivity contribution in [1.82, 2.24) is 5.32 Å². The lowest BCUT2D eigenvalue weighted by Gasteiger charge is -2.17. The van der Waals surface area contributed by atoms with Crippen molar-refractivity contribution in [3.8, 4) is 0 Å². The Hall–Kier alpha value is -1.32. The monoisotopic (exact) mass is 381 g/mol. The molecule has 0 aromatic rings. The molecule has 0 radical (unpaired) electrons. The Labute approximate surface area is 167 Å². The van der Waals surface area contributed by atoms with Crippen LogP contribution in [0.25, 0.3) is 0 Å². The summed E-state index contributed by atoms with van der Waals surface area (Å²) >= 11 is 0. The molecule has 0 aliphatic rings. The normalized spacial score (nSPS) is 12.6. The van der Waals surface area contributed by atoms with Crippen molar-refractivity contribution in [2.24, 2.45) is 5.92 Å². The molecule has 0 saturated heterocycles. The predicted molar refractivity (Wildman–Crippen MR) is 114 cm³/mol. The van der Waals surface area contributed by atoms with Crippen LogP contribution in [0.5, 0.6) is 0 Å². The van der Waals surface area contributed by atoms with E-state index in [1.165, 1.54) is 57.8 Å². The van der Waals surface area contributed by atoms with Gasteiger partial charge in [0.25, 0.3) is 0 Å². The summed E-state index contributed by atoms with van der Waals surface area (Å²) in [6.07, 6.45) is 21.0. The maximum Gasteiger partial charge on any atom is 0.326 e. The van der Waals surface area contributed by atoms with Gasteiger partial charge in [-0.3, -0.25) is 4.79 Å². The zero-order valence-electron chi connectivity index (χ0n) is 18.0. The SMILES string of the molecule is CCCCCCCC/C=C\CCCCCCCC(=O)NC(C(=O)O)C(C)C. The minimum Gasteiger partial charge on any atom is -0.480 e. The van der Waals surface area contributed by atoms with Crippen molar-refractivity contribution in [1.29, 1.82) is 0 Å². The molecule has 0 heterocycles. The highest BCUT2D eigenvalue weighted by Gasteiger charge is 2.22. The number of carboxylic acids is 1. The van der Waals surface area contributed by atoms with Crippen LogP contribution in [0, 0.1) is 5.92 Å². The summed E-state index contributed by atoms with van der Waals surface area (Å²) in [6.45, 7) is 5.87. The molecule has 27 heavy (non-hydrogen) atoms. The van der Waals surface area contributed by atoms with E-state index in [2.05, 4.69) is 24.4 Å². The topological polar surface area (TPSA) is 66.4 Å². The van der Waals surface area contributed by atoms with Crippen molar-refractivity contribution < 1.29 is 14.7 Å². The Kier molecular flexibility index (Phi) is 17.2. The summed E-state index contributed by atoms with van der Waals surface area (Å²) in [7, 11) is 0. The van der Waals surface area contributed by atoms with Crippen LogP contribution in [0.1, 0.15) is 111 Å². The Bertz CT molecular complexity index is 404. The summed E-state index contributed by atoms with van der Waals surface area (Å²) in [6, 6.07) is -0.777. The fourth-order valence-electron chi connectivity index (χ4n) is 3.12. The highest BCUT2D eigenvalue weighted by atomic mass is 16.4. The predicted octanol–water partition coefficient (Wildman–Crippen LogP) is 6.25. The van der Waals surface area contributed by atoms with Crippen molar-refractivity contribution in [2.75, 3.05) is 0 Å². The first kappa shape index (κ1) is 25.7.